The molecule has 0 aliphatic rings. The number of ether oxygens (including phenoxy) is 2. The molecule has 3 rings (SSSR count). The molecular weight excluding hydrogens is 522 g/mol. The van der Waals surface area contributed by atoms with Gasteiger partial charge in [-0.1, -0.05) is 99.5 Å². The number of rotatable bonds is 11. The minimum Gasteiger partial charge on any atom is -0.446 e. The van der Waals surface area contributed by atoms with Crippen molar-refractivity contribution in [2.45, 2.75) is 73.5 Å². The van der Waals surface area contributed by atoms with Crippen molar-refractivity contribution in [1.82, 2.24) is 15.6 Å². The third-order valence-corrected chi connectivity index (χ3v) is 6.31. The van der Waals surface area contributed by atoms with E-state index in [9.17, 15) is 9.59 Å². The van der Waals surface area contributed by atoms with Gasteiger partial charge < -0.3 is 20.1 Å². The highest BCUT2D eigenvalue weighted by Crippen LogP contribution is 2.16. The lowest BCUT2D eigenvalue weighted by atomic mass is 9.97. The minimum atomic E-state index is -0.445. The zero-order chi connectivity index (χ0) is 29.6. The average molecular weight is 570 g/mol. The number of aryl methyl sites for hydroxylation is 2. The molecule has 8 heteroatoms. The van der Waals surface area contributed by atoms with Crippen molar-refractivity contribution >= 4 is 23.5 Å². The Morgan fingerprint density at radius 3 is 1.75 bits per heavy atom. The van der Waals surface area contributed by atoms with Crippen LogP contribution in [-0.2, 0) is 16.1 Å². The highest BCUT2D eigenvalue weighted by atomic mass is 32.1. The normalized spacial score (nSPS) is 10.9. The van der Waals surface area contributed by atoms with E-state index in [0.29, 0.717) is 24.9 Å². The number of nitrogens with zero attached hydrogens (tertiary/aromatic N) is 1. The number of aromatic nitrogens is 1. The zero-order valence-electron chi connectivity index (χ0n) is 24.9. The fraction of sp³-hybridized carbons (Fsp3) is 0.469. The molecule has 0 saturated carbocycles. The van der Waals surface area contributed by atoms with Gasteiger partial charge in [0.25, 0.3) is 0 Å². The number of thiazole rings is 1. The molecule has 0 radical (unpaired) electrons. The van der Waals surface area contributed by atoms with Gasteiger partial charge in [0.2, 0.25) is 0 Å². The zero-order valence-corrected chi connectivity index (χ0v) is 25.7. The lowest BCUT2D eigenvalue weighted by Crippen LogP contribution is -2.33. The molecule has 1 heterocycles. The summed E-state index contributed by atoms with van der Waals surface area (Å²) in [7, 11) is 0. The van der Waals surface area contributed by atoms with E-state index < -0.39 is 6.09 Å². The Morgan fingerprint density at radius 1 is 0.825 bits per heavy atom. The molecule has 3 aromatic rings. The van der Waals surface area contributed by atoms with Crippen LogP contribution in [0.25, 0.3) is 0 Å². The summed E-state index contributed by atoms with van der Waals surface area (Å²) in [5.41, 5.74) is 4.34. The van der Waals surface area contributed by atoms with Crippen molar-refractivity contribution in [3.8, 4) is 0 Å². The Balaban J connectivity index is 0.000000456. The van der Waals surface area contributed by atoms with Crippen LogP contribution in [0.4, 0.5) is 9.59 Å². The van der Waals surface area contributed by atoms with E-state index in [4.69, 9.17) is 9.47 Å². The third-order valence-electron chi connectivity index (χ3n) is 5.56. The van der Waals surface area contributed by atoms with Gasteiger partial charge in [-0.25, -0.2) is 9.59 Å². The number of carbonyl (C=O) groups excluding carboxylic acids is 2. The quantitative estimate of drug-likeness (QED) is 0.229. The molecule has 1 atom stereocenters. The van der Waals surface area contributed by atoms with E-state index >= 15 is 0 Å². The number of hydrogen-bond donors (Lipinski definition) is 2. The van der Waals surface area contributed by atoms with Crippen molar-refractivity contribution in [2.75, 3.05) is 13.1 Å². The van der Waals surface area contributed by atoms with Crippen LogP contribution >= 0.6 is 11.3 Å². The van der Waals surface area contributed by atoms with Gasteiger partial charge in [0.15, 0.2) is 0 Å². The Bertz CT molecular complexity index is 991. The molecule has 2 amide bonds. The van der Waals surface area contributed by atoms with Crippen LogP contribution in [0.2, 0.25) is 0 Å². The van der Waals surface area contributed by atoms with Gasteiger partial charge in [-0.2, -0.15) is 0 Å². The number of alkyl carbamates (subject to hydrolysis) is 2. The summed E-state index contributed by atoms with van der Waals surface area (Å²) in [6.45, 7) is 13.8. The van der Waals surface area contributed by atoms with Crippen molar-refractivity contribution in [2.24, 2.45) is 11.8 Å². The van der Waals surface area contributed by atoms with Gasteiger partial charge in [0, 0.05) is 19.3 Å². The van der Waals surface area contributed by atoms with Crippen LogP contribution in [-0.4, -0.2) is 36.4 Å². The Morgan fingerprint density at radius 2 is 1.35 bits per heavy atom. The average Bonchev–Trinajstić information content (AvgIpc) is 3.44. The maximum atomic E-state index is 11.9. The minimum absolute atomic E-state index is 0.0648. The predicted octanol–water partition coefficient (Wildman–Crippen LogP) is 7.94. The fourth-order valence-corrected chi connectivity index (χ4v) is 3.81. The lowest BCUT2D eigenvalue weighted by Gasteiger charge is -2.23. The summed E-state index contributed by atoms with van der Waals surface area (Å²) >= 11 is 1.44. The van der Waals surface area contributed by atoms with Crippen molar-refractivity contribution < 1.29 is 19.1 Å². The second-order valence-corrected chi connectivity index (χ2v) is 11.2. The van der Waals surface area contributed by atoms with Crippen LogP contribution in [0.15, 0.2) is 72.4 Å². The van der Waals surface area contributed by atoms with Gasteiger partial charge in [-0.05, 0) is 44.9 Å². The molecule has 0 aliphatic heterocycles. The smallest absolute Gasteiger partial charge is 0.407 e. The molecule has 1 aromatic heterocycles. The van der Waals surface area contributed by atoms with Gasteiger partial charge in [0.1, 0.15) is 12.7 Å². The first-order valence-corrected chi connectivity index (χ1v) is 14.8. The summed E-state index contributed by atoms with van der Waals surface area (Å²) in [6.07, 6.45) is 3.15. The maximum Gasteiger partial charge on any atom is 0.407 e. The molecule has 0 spiro atoms. The predicted molar refractivity (Wildman–Crippen MR) is 164 cm³/mol. The molecule has 0 aliphatic carbocycles. The molecule has 0 fully saturated rings. The first kappa shape index (κ1) is 34.6. The fourth-order valence-electron chi connectivity index (χ4n) is 3.30. The standard InChI is InChI=1S/C18H31N3O4S.2C7H8/c1-13(2)9-16(14(3)4)25-18(23)21-8-6-5-7-20-17(22)24-11-15-10-19-12-26-15;2*1-7-5-3-2-4-6-7/h10,12-14,16H,5-9,11H2,1-4H3,(H,20,22)(H,21,23);2*2-6H,1H3. The number of unbranched alkanes of at least 4 members (excludes halogenated alkanes) is 1. The molecule has 40 heavy (non-hydrogen) atoms. The van der Waals surface area contributed by atoms with Crippen molar-refractivity contribution in [3.63, 3.8) is 0 Å². The second-order valence-electron chi connectivity index (χ2n) is 10.2. The molecule has 1 unspecified atom stereocenters. The molecule has 2 N–H and O–H groups in total. The van der Waals surface area contributed by atoms with Crippen LogP contribution in [0.3, 0.4) is 0 Å². The van der Waals surface area contributed by atoms with Crippen LogP contribution in [0.1, 0.15) is 63.0 Å². The van der Waals surface area contributed by atoms with Crippen LogP contribution in [0.5, 0.6) is 0 Å². The largest absolute Gasteiger partial charge is 0.446 e. The number of amides is 2. The third kappa shape index (κ3) is 18.8. The Labute approximate surface area is 244 Å². The van der Waals surface area contributed by atoms with Gasteiger partial charge in [-0.3, -0.25) is 4.98 Å². The van der Waals surface area contributed by atoms with E-state index in [1.807, 2.05) is 36.4 Å². The first-order valence-electron chi connectivity index (χ1n) is 13.9. The first-order chi connectivity index (χ1) is 19.2. The Hall–Kier alpha value is -3.39. The van der Waals surface area contributed by atoms with E-state index in [-0.39, 0.29) is 18.8 Å². The summed E-state index contributed by atoms with van der Waals surface area (Å²) in [6, 6.07) is 20.5. The van der Waals surface area contributed by atoms with Crippen molar-refractivity contribution in [3.05, 3.63) is 88.4 Å². The van der Waals surface area contributed by atoms with E-state index in [1.54, 1.807) is 11.7 Å². The van der Waals surface area contributed by atoms with Gasteiger partial charge >= 0.3 is 12.2 Å². The number of nitrogens with one attached hydrogen (secondary N) is 2. The summed E-state index contributed by atoms with van der Waals surface area (Å²) in [4.78, 5) is 28.2. The maximum absolute atomic E-state index is 11.9. The van der Waals surface area contributed by atoms with E-state index in [0.717, 1.165) is 24.1 Å². The molecular formula is C32H47N3O4S. The molecule has 7 nitrogen and oxygen atoms in total. The molecule has 0 saturated heterocycles. The second kappa shape index (κ2) is 21.4. The molecule has 0 bridgehead atoms. The van der Waals surface area contributed by atoms with Gasteiger partial charge in [0.05, 0.1) is 10.4 Å². The number of benzene rings is 2. The van der Waals surface area contributed by atoms with E-state index in [1.165, 1.54) is 22.5 Å². The number of hydrogen-bond acceptors (Lipinski definition) is 6. The number of carbonyl (C=O) groups is 2. The van der Waals surface area contributed by atoms with Crippen molar-refractivity contribution in [1.29, 1.82) is 0 Å². The monoisotopic (exact) mass is 569 g/mol. The topological polar surface area (TPSA) is 89.6 Å². The Kier molecular flexibility index (Phi) is 18.6. The summed E-state index contributed by atoms with van der Waals surface area (Å²) < 4.78 is 10.6. The SMILES string of the molecule is CC(C)CC(OC(=O)NCCCCNC(=O)OCc1cncs1)C(C)C.Cc1ccccc1.Cc1ccccc1. The molecule has 220 valence electrons. The molecule has 2 aromatic carbocycles. The van der Waals surface area contributed by atoms with Gasteiger partial charge in [-0.15, -0.1) is 11.3 Å². The van der Waals surface area contributed by atoms with Crippen LogP contribution in [0, 0.1) is 25.7 Å². The van der Waals surface area contributed by atoms with E-state index in [2.05, 4.69) is 81.4 Å². The highest BCUT2D eigenvalue weighted by molar-refractivity contribution is 7.09. The summed E-state index contributed by atoms with van der Waals surface area (Å²) in [5.74, 6) is 0.778. The lowest BCUT2D eigenvalue weighted by molar-refractivity contribution is 0.0580. The highest BCUT2D eigenvalue weighted by Gasteiger charge is 2.19. The van der Waals surface area contributed by atoms with Crippen LogP contribution < -0.4 is 10.6 Å². The summed E-state index contributed by atoms with van der Waals surface area (Å²) in [5, 5.41) is 5.44.